The third-order valence-electron chi connectivity index (χ3n) is 2.16. The van der Waals surface area contributed by atoms with Crippen molar-refractivity contribution in [2.24, 2.45) is 0 Å². The number of unbranched alkanes of at least 4 members (excludes halogenated alkanes) is 2. The first-order valence-corrected chi connectivity index (χ1v) is 5.49. The molecular weight excluding hydrogens is 224 g/mol. The van der Waals surface area contributed by atoms with E-state index < -0.39 is 5.97 Å². The fourth-order valence-electron chi connectivity index (χ4n) is 1.32. The van der Waals surface area contributed by atoms with E-state index in [0.29, 0.717) is 13.0 Å². The molecule has 0 aliphatic rings. The average molecular weight is 240 g/mol. The van der Waals surface area contributed by atoms with Crippen molar-refractivity contribution in [3.63, 3.8) is 0 Å². The molecule has 1 amide bonds. The molecule has 0 aromatic carbocycles. The molecule has 1 aromatic rings. The fraction of sp³-hybridized carbons (Fsp3) is 0.600. The van der Waals surface area contributed by atoms with Gasteiger partial charge in [-0.25, -0.2) is 9.67 Å². The summed E-state index contributed by atoms with van der Waals surface area (Å²) in [7, 11) is 0. The van der Waals surface area contributed by atoms with Crippen LogP contribution in [0.15, 0.2) is 12.7 Å². The molecule has 7 heteroatoms. The van der Waals surface area contributed by atoms with Gasteiger partial charge in [-0.3, -0.25) is 9.59 Å². The second-order valence-electron chi connectivity index (χ2n) is 3.65. The number of nitrogens with one attached hydrogen (secondary N) is 1. The Kier molecular flexibility index (Phi) is 5.70. The minimum atomic E-state index is -0.778. The molecule has 0 unspecified atom stereocenters. The number of hydrogen-bond donors (Lipinski definition) is 2. The number of carboxylic acids is 1. The Balaban J connectivity index is 1.99. The molecule has 7 nitrogen and oxygen atoms in total. The van der Waals surface area contributed by atoms with Gasteiger partial charge in [-0.15, -0.1) is 0 Å². The maximum absolute atomic E-state index is 11.4. The van der Waals surface area contributed by atoms with Gasteiger partial charge in [0.2, 0.25) is 5.91 Å². The van der Waals surface area contributed by atoms with E-state index in [1.54, 1.807) is 0 Å². The standard InChI is InChI=1S/C10H16N4O3/c15-9(6-14-8-11-7-13-14)12-5-3-1-2-4-10(16)17/h7-8H,1-6H2,(H,12,15)(H,16,17). The summed E-state index contributed by atoms with van der Waals surface area (Å²) in [6, 6.07) is 0. The van der Waals surface area contributed by atoms with Crippen LogP contribution in [-0.4, -0.2) is 38.3 Å². The summed E-state index contributed by atoms with van der Waals surface area (Å²) >= 11 is 0. The number of carbonyl (C=O) groups is 2. The molecule has 0 radical (unpaired) electrons. The van der Waals surface area contributed by atoms with Crippen molar-refractivity contribution in [2.75, 3.05) is 6.54 Å². The highest BCUT2D eigenvalue weighted by Crippen LogP contribution is 1.98. The maximum atomic E-state index is 11.4. The number of amides is 1. The van der Waals surface area contributed by atoms with Gasteiger partial charge in [0, 0.05) is 13.0 Å². The Hall–Kier alpha value is -1.92. The number of carboxylic acid groups (broad SMARTS) is 1. The molecule has 0 bridgehead atoms. The van der Waals surface area contributed by atoms with Crippen molar-refractivity contribution in [1.29, 1.82) is 0 Å². The highest BCUT2D eigenvalue weighted by Gasteiger charge is 2.02. The molecular formula is C10H16N4O3. The first-order valence-electron chi connectivity index (χ1n) is 5.49. The van der Waals surface area contributed by atoms with Crippen LogP contribution in [0.4, 0.5) is 0 Å². The predicted octanol–water partition coefficient (Wildman–Crippen LogP) is 0.0393. The molecule has 0 saturated carbocycles. The van der Waals surface area contributed by atoms with Crippen molar-refractivity contribution < 1.29 is 14.7 Å². The van der Waals surface area contributed by atoms with E-state index in [0.717, 1.165) is 12.8 Å². The maximum Gasteiger partial charge on any atom is 0.303 e. The number of carbonyl (C=O) groups excluding carboxylic acids is 1. The van der Waals surface area contributed by atoms with Crippen LogP contribution >= 0.6 is 0 Å². The van der Waals surface area contributed by atoms with E-state index in [1.807, 2.05) is 0 Å². The number of nitrogens with zero attached hydrogens (tertiary/aromatic N) is 3. The SMILES string of the molecule is O=C(O)CCCCCNC(=O)Cn1cncn1. The number of aliphatic carboxylic acids is 1. The Labute approximate surface area is 98.8 Å². The summed E-state index contributed by atoms with van der Waals surface area (Å²) in [5.74, 6) is -0.894. The molecule has 0 spiro atoms. The lowest BCUT2D eigenvalue weighted by atomic mass is 10.2. The highest BCUT2D eigenvalue weighted by molar-refractivity contribution is 5.75. The largest absolute Gasteiger partial charge is 0.481 e. The summed E-state index contributed by atoms with van der Waals surface area (Å²) < 4.78 is 1.44. The van der Waals surface area contributed by atoms with Crippen LogP contribution in [0.2, 0.25) is 0 Å². The zero-order valence-corrected chi connectivity index (χ0v) is 9.50. The summed E-state index contributed by atoms with van der Waals surface area (Å²) in [5.41, 5.74) is 0. The minimum absolute atomic E-state index is 0.117. The average Bonchev–Trinajstić information content (AvgIpc) is 2.75. The summed E-state index contributed by atoms with van der Waals surface area (Å²) in [6.45, 7) is 0.724. The number of hydrogen-bond acceptors (Lipinski definition) is 4. The Bertz CT molecular complexity index is 350. The van der Waals surface area contributed by atoms with E-state index in [9.17, 15) is 9.59 Å². The Morgan fingerprint density at radius 1 is 1.29 bits per heavy atom. The predicted molar refractivity (Wildman–Crippen MR) is 59.1 cm³/mol. The molecule has 0 atom stereocenters. The molecule has 0 fully saturated rings. The molecule has 1 heterocycles. The van der Waals surface area contributed by atoms with Gasteiger partial charge in [0.25, 0.3) is 0 Å². The molecule has 17 heavy (non-hydrogen) atoms. The number of aromatic nitrogens is 3. The van der Waals surface area contributed by atoms with E-state index in [2.05, 4.69) is 15.4 Å². The summed E-state index contributed by atoms with van der Waals surface area (Å²) in [5, 5.41) is 15.0. The lowest BCUT2D eigenvalue weighted by Gasteiger charge is -2.04. The minimum Gasteiger partial charge on any atom is -0.481 e. The molecule has 0 saturated heterocycles. The zero-order valence-electron chi connectivity index (χ0n) is 9.50. The molecule has 94 valence electrons. The van der Waals surface area contributed by atoms with Crippen LogP contribution in [0.3, 0.4) is 0 Å². The van der Waals surface area contributed by atoms with Gasteiger partial charge >= 0.3 is 5.97 Å². The molecule has 0 aliphatic carbocycles. The van der Waals surface area contributed by atoms with Gasteiger partial charge < -0.3 is 10.4 Å². The summed E-state index contributed by atoms with van der Waals surface area (Å²) in [4.78, 5) is 25.3. The second-order valence-corrected chi connectivity index (χ2v) is 3.65. The van der Waals surface area contributed by atoms with Crippen molar-refractivity contribution in [2.45, 2.75) is 32.2 Å². The van der Waals surface area contributed by atoms with Crippen LogP contribution in [0.1, 0.15) is 25.7 Å². The van der Waals surface area contributed by atoms with Gasteiger partial charge in [-0.1, -0.05) is 6.42 Å². The van der Waals surface area contributed by atoms with Gasteiger partial charge in [-0.05, 0) is 12.8 Å². The quantitative estimate of drug-likeness (QED) is 0.625. The lowest BCUT2D eigenvalue weighted by Crippen LogP contribution is -2.28. The van der Waals surface area contributed by atoms with Crippen molar-refractivity contribution in [1.82, 2.24) is 20.1 Å². The molecule has 1 rings (SSSR count). The van der Waals surface area contributed by atoms with E-state index in [-0.39, 0.29) is 18.9 Å². The van der Waals surface area contributed by atoms with E-state index in [4.69, 9.17) is 5.11 Å². The number of rotatable bonds is 8. The van der Waals surface area contributed by atoms with Crippen LogP contribution in [0.5, 0.6) is 0 Å². The van der Waals surface area contributed by atoms with Crippen LogP contribution in [-0.2, 0) is 16.1 Å². The fourth-order valence-corrected chi connectivity index (χ4v) is 1.32. The monoisotopic (exact) mass is 240 g/mol. The third kappa shape index (κ3) is 6.29. The van der Waals surface area contributed by atoms with Crippen molar-refractivity contribution >= 4 is 11.9 Å². The molecule has 2 N–H and O–H groups in total. The van der Waals surface area contributed by atoms with Gasteiger partial charge in [0.15, 0.2) is 0 Å². The van der Waals surface area contributed by atoms with Crippen LogP contribution < -0.4 is 5.32 Å². The molecule has 1 aromatic heterocycles. The third-order valence-corrected chi connectivity index (χ3v) is 2.16. The normalized spacial score (nSPS) is 10.1. The van der Waals surface area contributed by atoms with Crippen molar-refractivity contribution in [3.05, 3.63) is 12.7 Å². The Morgan fingerprint density at radius 3 is 2.76 bits per heavy atom. The van der Waals surface area contributed by atoms with Crippen LogP contribution in [0, 0.1) is 0 Å². The lowest BCUT2D eigenvalue weighted by molar-refractivity contribution is -0.137. The first kappa shape index (κ1) is 13.1. The van der Waals surface area contributed by atoms with Crippen molar-refractivity contribution in [3.8, 4) is 0 Å². The van der Waals surface area contributed by atoms with Gasteiger partial charge in [0.1, 0.15) is 19.2 Å². The topological polar surface area (TPSA) is 97.1 Å². The van der Waals surface area contributed by atoms with E-state index in [1.165, 1.54) is 17.3 Å². The van der Waals surface area contributed by atoms with Crippen LogP contribution in [0.25, 0.3) is 0 Å². The van der Waals surface area contributed by atoms with Gasteiger partial charge in [0.05, 0.1) is 0 Å². The first-order chi connectivity index (χ1) is 8.18. The zero-order chi connectivity index (χ0) is 12.5. The Morgan fingerprint density at radius 2 is 2.12 bits per heavy atom. The second kappa shape index (κ2) is 7.37. The van der Waals surface area contributed by atoms with Gasteiger partial charge in [-0.2, -0.15) is 5.10 Å². The highest BCUT2D eigenvalue weighted by atomic mass is 16.4. The molecule has 0 aliphatic heterocycles. The summed E-state index contributed by atoms with van der Waals surface area (Å²) in [6.07, 6.45) is 5.28. The van der Waals surface area contributed by atoms with E-state index >= 15 is 0 Å². The smallest absolute Gasteiger partial charge is 0.303 e.